The van der Waals surface area contributed by atoms with E-state index in [4.69, 9.17) is 0 Å². The van der Waals surface area contributed by atoms with Gasteiger partial charge in [-0.2, -0.15) is 5.26 Å². The number of phenols is 1. The van der Waals surface area contributed by atoms with E-state index in [-0.39, 0.29) is 24.1 Å². The summed E-state index contributed by atoms with van der Waals surface area (Å²) in [5.74, 6) is -0.352. The summed E-state index contributed by atoms with van der Waals surface area (Å²) in [6.45, 7) is 12.1. The minimum absolute atomic E-state index is 0.0257. The van der Waals surface area contributed by atoms with Crippen molar-refractivity contribution in [3.8, 4) is 11.9 Å². The predicted molar refractivity (Wildman–Crippen MR) is 108 cm³/mol. The fraction of sp³-hybridized carbons (Fsp3) is 0.571. The highest BCUT2D eigenvalue weighted by Crippen LogP contribution is 2.26. The van der Waals surface area contributed by atoms with E-state index in [0.717, 1.165) is 16.9 Å². The number of hydrogen-bond acceptors (Lipinski definition) is 4. The molecule has 0 saturated heterocycles. The van der Waals surface area contributed by atoms with Crippen LogP contribution < -0.4 is 10.6 Å². The highest BCUT2D eigenvalue weighted by molar-refractivity contribution is 5.88. The van der Waals surface area contributed by atoms with Gasteiger partial charge >= 0.3 is 6.03 Å². The van der Waals surface area contributed by atoms with Crippen molar-refractivity contribution in [2.75, 3.05) is 6.54 Å². The van der Waals surface area contributed by atoms with Crippen LogP contribution in [0.5, 0.6) is 5.75 Å². The molecule has 1 unspecified atom stereocenters. The molecule has 1 aromatic carbocycles. The monoisotopic (exact) mass is 388 g/mol. The van der Waals surface area contributed by atoms with Crippen molar-refractivity contribution in [2.45, 2.75) is 66.0 Å². The third-order valence-corrected chi connectivity index (χ3v) is 4.11. The van der Waals surface area contributed by atoms with Crippen molar-refractivity contribution in [1.82, 2.24) is 15.5 Å². The number of hydrogen-bond donors (Lipinski definition) is 3. The van der Waals surface area contributed by atoms with E-state index < -0.39 is 23.5 Å². The molecule has 0 heterocycles. The van der Waals surface area contributed by atoms with Gasteiger partial charge in [-0.3, -0.25) is 4.79 Å². The molecule has 154 valence electrons. The van der Waals surface area contributed by atoms with Gasteiger partial charge in [0.05, 0.1) is 0 Å². The lowest BCUT2D eigenvalue weighted by molar-refractivity contribution is -0.129. The summed E-state index contributed by atoms with van der Waals surface area (Å²) in [5.41, 5.74) is 0.325. The van der Waals surface area contributed by atoms with Crippen molar-refractivity contribution in [3.63, 3.8) is 0 Å². The number of urea groups is 1. The largest absolute Gasteiger partial charge is 0.508 e. The maximum Gasteiger partial charge on any atom is 0.315 e. The summed E-state index contributed by atoms with van der Waals surface area (Å²) >= 11 is 0. The van der Waals surface area contributed by atoms with Crippen LogP contribution in [0.1, 0.15) is 53.5 Å². The molecular weight excluding hydrogens is 356 g/mol. The first-order valence-electron chi connectivity index (χ1n) is 9.44. The lowest BCUT2D eigenvalue weighted by atomic mass is 9.82. The lowest BCUT2D eigenvalue weighted by Gasteiger charge is -2.34. The van der Waals surface area contributed by atoms with Gasteiger partial charge in [0.15, 0.2) is 6.19 Å². The van der Waals surface area contributed by atoms with E-state index in [1.807, 2.05) is 20.0 Å². The number of amides is 3. The van der Waals surface area contributed by atoms with Crippen molar-refractivity contribution in [2.24, 2.45) is 5.41 Å². The second-order valence-corrected chi connectivity index (χ2v) is 8.83. The molecule has 0 radical (unpaired) electrons. The smallest absolute Gasteiger partial charge is 0.315 e. The number of aromatic hydroxyl groups is 1. The number of carbonyl (C=O) groups is 2. The maximum absolute atomic E-state index is 12.7. The van der Waals surface area contributed by atoms with Gasteiger partial charge in [-0.1, -0.05) is 32.9 Å². The number of nitriles is 1. The van der Waals surface area contributed by atoms with Crippen LogP contribution in [0.3, 0.4) is 0 Å². The van der Waals surface area contributed by atoms with Crippen LogP contribution in [0, 0.1) is 16.9 Å². The van der Waals surface area contributed by atoms with Crippen LogP contribution in [0.2, 0.25) is 0 Å². The van der Waals surface area contributed by atoms with E-state index in [1.165, 1.54) is 12.1 Å². The SMILES string of the molecule is CCN(C#N)C(=O)C(Cc1ccc(O)cc1)NC(=O)NC(C)(C)CC(C)(C)C. The van der Waals surface area contributed by atoms with Crippen LogP contribution in [0.15, 0.2) is 24.3 Å². The first kappa shape index (κ1) is 23.3. The van der Waals surface area contributed by atoms with E-state index in [1.54, 1.807) is 19.1 Å². The number of benzene rings is 1. The Morgan fingerprint density at radius 1 is 1.18 bits per heavy atom. The average Bonchev–Trinajstić information content (AvgIpc) is 2.54. The zero-order valence-corrected chi connectivity index (χ0v) is 17.7. The highest BCUT2D eigenvalue weighted by atomic mass is 16.3. The molecule has 0 saturated carbocycles. The van der Waals surface area contributed by atoms with Crippen molar-refractivity contribution in [3.05, 3.63) is 29.8 Å². The van der Waals surface area contributed by atoms with Crippen molar-refractivity contribution >= 4 is 11.9 Å². The minimum atomic E-state index is -0.894. The van der Waals surface area contributed by atoms with Gasteiger partial charge in [-0.05, 0) is 50.3 Å². The Balaban J connectivity index is 2.95. The van der Waals surface area contributed by atoms with Gasteiger partial charge in [0.25, 0.3) is 5.91 Å². The molecule has 1 atom stereocenters. The molecule has 0 aliphatic rings. The Kier molecular flexibility index (Phi) is 7.86. The van der Waals surface area contributed by atoms with Crippen LogP contribution in [-0.4, -0.2) is 40.1 Å². The maximum atomic E-state index is 12.7. The quantitative estimate of drug-likeness (QED) is 0.493. The summed E-state index contributed by atoms with van der Waals surface area (Å²) in [7, 11) is 0. The van der Waals surface area contributed by atoms with Crippen LogP contribution in [-0.2, 0) is 11.2 Å². The normalized spacial score (nSPS) is 12.6. The molecule has 7 nitrogen and oxygen atoms in total. The third-order valence-electron chi connectivity index (χ3n) is 4.11. The standard InChI is InChI=1S/C21H32N4O3/c1-7-25(14-22)18(27)17(12-15-8-10-16(26)11-9-15)23-19(28)24-21(5,6)13-20(2,3)4/h8-11,17,26H,7,12-13H2,1-6H3,(H2,23,24,28). The summed E-state index contributed by atoms with van der Waals surface area (Å²) in [6.07, 6.45) is 2.82. The zero-order chi connectivity index (χ0) is 21.5. The van der Waals surface area contributed by atoms with Crippen molar-refractivity contribution < 1.29 is 14.7 Å². The van der Waals surface area contributed by atoms with Crippen LogP contribution >= 0.6 is 0 Å². The van der Waals surface area contributed by atoms with E-state index >= 15 is 0 Å². The molecule has 0 aromatic heterocycles. The second kappa shape index (κ2) is 9.45. The first-order valence-corrected chi connectivity index (χ1v) is 9.44. The average molecular weight is 389 g/mol. The number of carbonyl (C=O) groups excluding carboxylic acids is 2. The number of nitrogens with zero attached hydrogens (tertiary/aromatic N) is 2. The minimum Gasteiger partial charge on any atom is -0.508 e. The Bertz CT molecular complexity index is 715. The molecule has 1 rings (SSSR count). The van der Waals surface area contributed by atoms with Gasteiger partial charge in [-0.15, -0.1) is 0 Å². The molecule has 0 fully saturated rings. The van der Waals surface area contributed by atoms with Gasteiger partial charge in [0.2, 0.25) is 0 Å². The molecule has 1 aromatic rings. The van der Waals surface area contributed by atoms with Gasteiger partial charge in [-0.25, -0.2) is 9.69 Å². The number of phenolic OH excluding ortho intramolecular Hbond substituents is 1. The molecule has 28 heavy (non-hydrogen) atoms. The van der Waals surface area contributed by atoms with Gasteiger partial charge < -0.3 is 15.7 Å². The molecule has 0 bridgehead atoms. The van der Waals surface area contributed by atoms with Crippen molar-refractivity contribution in [1.29, 1.82) is 5.26 Å². The van der Waals surface area contributed by atoms with Gasteiger partial charge in [0, 0.05) is 18.5 Å². The second-order valence-electron chi connectivity index (χ2n) is 8.83. The Labute approximate surface area is 167 Å². The number of nitrogens with one attached hydrogen (secondary N) is 2. The molecule has 3 N–H and O–H groups in total. The summed E-state index contributed by atoms with van der Waals surface area (Å²) < 4.78 is 0. The summed E-state index contributed by atoms with van der Waals surface area (Å²) in [6, 6.07) is 5.05. The van der Waals surface area contributed by atoms with Crippen LogP contribution in [0.25, 0.3) is 0 Å². The highest BCUT2D eigenvalue weighted by Gasteiger charge is 2.30. The fourth-order valence-electron chi connectivity index (χ4n) is 3.40. The van der Waals surface area contributed by atoms with Gasteiger partial charge in [0.1, 0.15) is 11.8 Å². The Hall–Kier alpha value is -2.75. The van der Waals surface area contributed by atoms with E-state index in [2.05, 4.69) is 31.4 Å². The first-order chi connectivity index (χ1) is 12.9. The molecular formula is C21H32N4O3. The predicted octanol–water partition coefficient (Wildman–Crippen LogP) is 3.15. The van der Waals surface area contributed by atoms with E-state index in [9.17, 15) is 20.0 Å². The zero-order valence-electron chi connectivity index (χ0n) is 17.7. The number of likely N-dealkylation sites (N-methyl/N-ethyl adjacent to an activating group) is 1. The Morgan fingerprint density at radius 3 is 2.21 bits per heavy atom. The molecule has 0 aliphatic heterocycles. The number of rotatable bonds is 7. The lowest BCUT2D eigenvalue weighted by Crippen LogP contribution is -2.56. The Morgan fingerprint density at radius 2 is 1.75 bits per heavy atom. The summed E-state index contributed by atoms with van der Waals surface area (Å²) in [4.78, 5) is 26.3. The molecule has 3 amide bonds. The molecule has 0 aliphatic carbocycles. The molecule has 0 spiro atoms. The van der Waals surface area contributed by atoms with E-state index in [0.29, 0.717) is 0 Å². The fourth-order valence-corrected chi connectivity index (χ4v) is 3.40. The molecule has 7 heteroatoms. The summed E-state index contributed by atoms with van der Waals surface area (Å²) in [5, 5.41) is 24.3. The topological polar surface area (TPSA) is 105 Å². The van der Waals surface area contributed by atoms with Crippen LogP contribution in [0.4, 0.5) is 4.79 Å². The third kappa shape index (κ3) is 7.87.